The number of thioether (sulfide) groups is 1. The molecule has 2 aromatic rings. The summed E-state index contributed by atoms with van der Waals surface area (Å²) in [4.78, 5) is 5.08. The molecule has 0 saturated heterocycles. The number of nitrogens with one attached hydrogen (secondary N) is 1. The molecule has 0 aliphatic carbocycles. The summed E-state index contributed by atoms with van der Waals surface area (Å²) in [5.74, 6) is 0.315. The van der Waals surface area contributed by atoms with Gasteiger partial charge in [-0.1, -0.05) is 0 Å². The van der Waals surface area contributed by atoms with Crippen molar-refractivity contribution in [3.8, 4) is 0 Å². The molecule has 1 aliphatic rings. The number of rotatable bonds is 2. The molecule has 0 spiro atoms. The molecule has 0 aromatic heterocycles. The SMILES string of the molecule is NC(=Nc1ccc(F)cc1)N/N=C1\CCSc2ccc(F)cc21. The average molecular weight is 332 g/mol. The van der Waals surface area contributed by atoms with Gasteiger partial charge in [0.1, 0.15) is 11.6 Å². The van der Waals surface area contributed by atoms with Gasteiger partial charge in [0.2, 0.25) is 5.96 Å². The van der Waals surface area contributed by atoms with Crippen LogP contribution in [-0.2, 0) is 0 Å². The Morgan fingerprint density at radius 2 is 1.83 bits per heavy atom. The zero-order chi connectivity index (χ0) is 16.2. The number of aliphatic imine (C=N–C) groups is 1. The molecule has 0 fully saturated rings. The fourth-order valence-electron chi connectivity index (χ4n) is 2.17. The highest BCUT2D eigenvalue weighted by molar-refractivity contribution is 7.99. The molecule has 118 valence electrons. The third-order valence-corrected chi connectivity index (χ3v) is 4.31. The van der Waals surface area contributed by atoms with Crippen LogP contribution >= 0.6 is 11.8 Å². The number of halogens is 2. The van der Waals surface area contributed by atoms with Crippen molar-refractivity contribution >= 4 is 29.1 Å². The van der Waals surface area contributed by atoms with E-state index in [4.69, 9.17) is 5.73 Å². The van der Waals surface area contributed by atoms with Gasteiger partial charge in [-0.2, -0.15) is 5.10 Å². The molecule has 0 unspecified atom stereocenters. The molecule has 0 atom stereocenters. The van der Waals surface area contributed by atoms with E-state index in [0.29, 0.717) is 12.1 Å². The van der Waals surface area contributed by atoms with Gasteiger partial charge in [-0.25, -0.2) is 19.2 Å². The largest absolute Gasteiger partial charge is 0.368 e. The topological polar surface area (TPSA) is 62.8 Å². The Labute approximate surface area is 136 Å². The van der Waals surface area contributed by atoms with E-state index in [1.54, 1.807) is 17.8 Å². The molecule has 1 aliphatic heterocycles. The number of hydrogen-bond donors (Lipinski definition) is 2. The first kappa shape index (κ1) is 15.5. The van der Waals surface area contributed by atoms with Crippen molar-refractivity contribution in [3.05, 3.63) is 59.7 Å². The van der Waals surface area contributed by atoms with Crippen molar-refractivity contribution in [2.24, 2.45) is 15.8 Å². The van der Waals surface area contributed by atoms with Crippen LogP contribution in [0, 0.1) is 11.6 Å². The zero-order valence-electron chi connectivity index (χ0n) is 12.1. The number of guanidine groups is 1. The number of hydrogen-bond acceptors (Lipinski definition) is 3. The molecule has 2 aromatic carbocycles. The van der Waals surface area contributed by atoms with Gasteiger partial charge in [-0.15, -0.1) is 11.8 Å². The minimum absolute atomic E-state index is 0.0836. The summed E-state index contributed by atoms with van der Waals surface area (Å²) in [7, 11) is 0. The van der Waals surface area contributed by atoms with Gasteiger partial charge in [0.15, 0.2) is 0 Å². The lowest BCUT2D eigenvalue weighted by molar-refractivity contribution is 0.626. The molecule has 1 heterocycles. The van der Waals surface area contributed by atoms with Crippen LogP contribution in [0.2, 0.25) is 0 Å². The first-order valence-electron chi connectivity index (χ1n) is 6.97. The highest BCUT2D eigenvalue weighted by Crippen LogP contribution is 2.30. The standard InChI is InChI=1S/C16H14F2N4S/c17-10-1-4-12(5-2-10)20-16(19)22-21-14-7-8-23-15-6-3-11(18)9-13(14)15/h1-6,9H,7-8H2,(H3,19,20,22)/b21-14+. The molecule has 0 bridgehead atoms. The summed E-state index contributed by atoms with van der Waals surface area (Å²) in [6.07, 6.45) is 0.706. The van der Waals surface area contributed by atoms with Gasteiger partial charge < -0.3 is 5.73 Å². The monoisotopic (exact) mass is 332 g/mol. The summed E-state index contributed by atoms with van der Waals surface area (Å²) in [6, 6.07) is 10.3. The van der Waals surface area contributed by atoms with E-state index >= 15 is 0 Å². The van der Waals surface area contributed by atoms with Crippen LogP contribution in [0.3, 0.4) is 0 Å². The highest BCUT2D eigenvalue weighted by atomic mass is 32.2. The first-order valence-corrected chi connectivity index (χ1v) is 7.95. The Bertz CT molecular complexity index is 772. The van der Waals surface area contributed by atoms with Crippen LogP contribution in [0.1, 0.15) is 12.0 Å². The van der Waals surface area contributed by atoms with E-state index in [2.05, 4.69) is 15.5 Å². The van der Waals surface area contributed by atoms with Crippen molar-refractivity contribution in [3.63, 3.8) is 0 Å². The molecular weight excluding hydrogens is 318 g/mol. The van der Waals surface area contributed by atoms with Gasteiger partial charge in [-0.05, 0) is 42.5 Å². The fourth-order valence-corrected chi connectivity index (χ4v) is 3.18. The van der Waals surface area contributed by atoms with Gasteiger partial charge in [0.25, 0.3) is 0 Å². The molecule has 3 N–H and O–H groups in total. The van der Waals surface area contributed by atoms with Crippen molar-refractivity contribution in [2.75, 3.05) is 5.75 Å². The van der Waals surface area contributed by atoms with Crippen molar-refractivity contribution < 1.29 is 8.78 Å². The lowest BCUT2D eigenvalue weighted by Crippen LogP contribution is -2.28. The third kappa shape index (κ3) is 3.87. The zero-order valence-corrected chi connectivity index (χ0v) is 12.9. The first-order chi connectivity index (χ1) is 11.1. The number of nitrogens with zero attached hydrogens (tertiary/aromatic N) is 2. The van der Waals surface area contributed by atoms with Gasteiger partial charge in [-0.3, -0.25) is 0 Å². The van der Waals surface area contributed by atoms with Crippen LogP contribution in [0.4, 0.5) is 14.5 Å². The number of hydrazone groups is 1. The number of benzene rings is 2. The lowest BCUT2D eigenvalue weighted by atomic mass is 10.1. The average Bonchev–Trinajstić information content (AvgIpc) is 2.55. The minimum Gasteiger partial charge on any atom is -0.368 e. The lowest BCUT2D eigenvalue weighted by Gasteiger charge is -2.17. The van der Waals surface area contributed by atoms with E-state index in [1.165, 1.54) is 36.4 Å². The summed E-state index contributed by atoms with van der Waals surface area (Å²) >= 11 is 1.67. The highest BCUT2D eigenvalue weighted by Gasteiger charge is 2.16. The van der Waals surface area contributed by atoms with E-state index < -0.39 is 0 Å². The van der Waals surface area contributed by atoms with Crippen LogP contribution < -0.4 is 11.2 Å². The van der Waals surface area contributed by atoms with Crippen LogP contribution in [-0.4, -0.2) is 17.4 Å². The Kier molecular flexibility index (Phi) is 4.57. The van der Waals surface area contributed by atoms with Crippen molar-refractivity contribution in [2.45, 2.75) is 11.3 Å². The fraction of sp³-hybridized carbons (Fsp3) is 0.125. The Hall–Kier alpha value is -2.41. The Balaban J connectivity index is 1.78. The molecule has 3 rings (SSSR count). The molecule has 7 heteroatoms. The molecule has 4 nitrogen and oxygen atoms in total. The normalized spacial score (nSPS) is 16.3. The van der Waals surface area contributed by atoms with Crippen molar-refractivity contribution in [1.82, 2.24) is 5.43 Å². The third-order valence-electron chi connectivity index (χ3n) is 3.23. The van der Waals surface area contributed by atoms with Crippen LogP contribution in [0.15, 0.2) is 57.5 Å². The molecular formula is C16H14F2N4S. The second kappa shape index (κ2) is 6.78. The van der Waals surface area contributed by atoms with Gasteiger partial charge in [0.05, 0.1) is 11.4 Å². The summed E-state index contributed by atoms with van der Waals surface area (Å²) in [5, 5.41) is 4.24. The number of fused-ring (bicyclic) bond motifs is 1. The molecule has 0 saturated carbocycles. The second-order valence-electron chi connectivity index (χ2n) is 4.88. The quantitative estimate of drug-likeness (QED) is 0.503. The van der Waals surface area contributed by atoms with Gasteiger partial charge >= 0.3 is 0 Å². The van der Waals surface area contributed by atoms with Crippen molar-refractivity contribution in [1.29, 1.82) is 0 Å². The molecule has 0 amide bonds. The predicted octanol–water partition coefficient (Wildman–Crippen LogP) is 3.40. The maximum atomic E-state index is 13.4. The minimum atomic E-state index is -0.339. The van der Waals surface area contributed by atoms with E-state index in [0.717, 1.165) is 21.9 Å². The summed E-state index contributed by atoms with van der Waals surface area (Å²) < 4.78 is 26.3. The maximum Gasteiger partial charge on any atom is 0.214 e. The molecule has 23 heavy (non-hydrogen) atoms. The predicted molar refractivity (Wildman–Crippen MR) is 89.1 cm³/mol. The van der Waals surface area contributed by atoms with E-state index in [1.807, 2.05) is 0 Å². The smallest absolute Gasteiger partial charge is 0.214 e. The maximum absolute atomic E-state index is 13.4. The second-order valence-corrected chi connectivity index (χ2v) is 6.02. The molecule has 0 radical (unpaired) electrons. The Morgan fingerprint density at radius 1 is 1.09 bits per heavy atom. The summed E-state index contributed by atoms with van der Waals surface area (Å²) in [6.45, 7) is 0. The Morgan fingerprint density at radius 3 is 2.61 bits per heavy atom. The number of nitrogens with two attached hydrogens (primary N) is 1. The van der Waals surface area contributed by atoms with Crippen LogP contribution in [0.5, 0.6) is 0 Å². The van der Waals surface area contributed by atoms with Gasteiger partial charge in [0, 0.05) is 22.6 Å². The van der Waals surface area contributed by atoms with Crippen LogP contribution in [0.25, 0.3) is 0 Å². The van der Waals surface area contributed by atoms with E-state index in [9.17, 15) is 8.78 Å². The van der Waals surface area contributed by atoms with E-state index in [-0.39, 0.29) is 17.6 Å². The summed E-state index contributed by atoms with van der Waals surface area (Å²) in [5.41, 5.74) is 10.5.